The van der Waals surface area contributed by atoms with Gasteiger partial charge in [0.15, 0.2) is 5.72 Å². The van der Waals surface area contributed by atoms with Gasteiger partial charge >= 0.3 is 0 Å². The van der Waals surface area contributed by atoms with Crippen molar-refractivity contribution in [2.75, 3.05) is 6.61 Å². The van der Waals surface area contributed by atoms with Gasteiger partial charge in [-0.25, -0.2) is 0 Å². The number of ether oxygens (including phenoxy) is 2. The summed E-state index contributed by atoms with van der Waals surface area (Å²) < 4.78 is 12.5. The first kappa shape index (κ1) is 22.9. The summed E-state index contributed by atoms with van der Waals surface area (Å²) in [6.07, 6.45) is 7.45. The van der Waals surface area contributed by atoms with Gasteiger partial charge in [-0.1, -0.05) is 97.6 Å². The Morgan fingerprint density at radius 2 is 1.63 bits per heavy atom. The van der Waals surface area contributed by atoms with Crippen molar-refractivity contribution in [3.05, 3.63) is 138 Å². The summed E-state index contributed by atoms with van der Waals surface area (Å²) in [5.41, 5.74) is 3.88. The third-order valence-electron chi connectivity index (χ3n) is 6.52. The maximum Gasteiger partial charge on any atom is 0.257 e. The zero-order chi connectivity index (χ0) is 24.1. The minimum atomic E-state index is -0.966. The molecule has 1 unspecified atom stereocenters. The van der Waals surface area contributed by atoms with Crippen LogP contribution in [-0.4, -0.2) is 17.4 Å². The van der Waals surface area contributed by atoms with Crippen molar-refractivity contribution in [2.24, 2.45) is 0 Å². The summed E-state index contributed by atoms with van der Waals surface area (Å²) in [4.78, 5) is 15.7. The molecule has 0 radical (unpaired) electrons. The summed E-state index contributed by atoms with van der Waals surface area (Å²) in [5, 5.41) is 0. The van der Waals surface area contributed by atoms with Gasteiger partial charge in [-0.3, -0.25) is 9.69 Å². The summed E-state index contributed by atoms with van der Waals surface area (Å²) in [6.45, 7) is 4.98. The summed E-state index contributed by atoms with van der Waals surface area (Å²) in [5.74, 6) is 0.799. The van der Waals surface area contributed by atoms with Gasteiger partial charge in [0, 0.05) is 17.7 Å². The Kier molecular flexibility index (Phi) is 6.64. The van der Waals surface area contributed by atoms with Gasteiger partial charge in [0.25, 0.3) is 5.91 Å². The zero-order valence-corrected chi connectivity index (χ0v) is 19.7. The first-order chi connectivity index (χ1) is 17.2. The van der Waals surface area contributed by atoms with E-state index in [-0.39, 0.29) is 5.91 Å². The normalized spacial score (nSPS) is 19.1. The van der Waals surface area contributed by atoms with E-state index in [1.807, 2.05) is 71.6 Å². The molecule has 3 aromatic rings. The van der Waals surface area contributed by atoms with Gasteiger partial charge in [0.1, 0.15) is 12.4 Å². The lowest BCUT2D eigenvalue weighted by Crippen LogP contribution is -2.47. The third kappa shape index (κ3) is 4.45. The Morgan fingerprint density at radius 3 is 2.34 bits per heavy atom. The van der Waals surface area contributed by atoms with Gasteiger partial charge in [0.2, 0.25) is 0 Å². The van der Waals surface area contributed by atoms with Gasteiger partial charge in [-0.2, -0.15) is 0 Å². The average Bonchev–Trinajstić information content (AvgIpc) is 3.16. The van der Waals surface area contributed by atoms with Crippen LogP contribution in [0.15, 0.2) is 121 Å². The smallest absolute Gasteiger partial charge is 0.257 e. The van der Waals surface area contributed by atoms with Gasteiger partial charge in [-0.05, 0) is 41.7 Å². The second-order valence-electron chi connectivity index (χ2n) is 8.75. The number of hydrogen-bond donors (Lipinski definition) is 0. The molecule has 4 nitrogen and oxygen atoms in total. The standard InChI is InChI=1S/C31H29NO3/c1-2-21-34-27-19-17-25(18-20-27)23-35-31(26-13-7-4-8-14-26)29-16-10-9-15-28(29)30(33)32(31)22-24-11-5-3-6-12-24/h2-9,11-15,17-20H,1,10,16,21-23H2. The number of hydrogen-bond acceptors (Lipinski definition) is 3. The molecular formula is C31H29NO3. The molecule has 1 heterocycles. The van der Waals surface area contributed by atoms with E-state index in [2.05, 4.69) is 36.9 Å². The van der Waals surface area contributed by atoms with Crippen LogP contribution in [0, 0.1) is 0 Å². The van der Waals surface area contributed by atoms with E-state index in [1.54, 1.807) is 6.08 Å². The molecule has 1 atom stereocenters. The van der Waals surface area contributed by atoms with Crippen LogP contribution in [-0.2, 0) is 28.4 Å². The van der Waals surface area contributed by atoms with Crippen molar-refractivity contribution < 1.29 is 14.3 Å². The highest BCUT2D eigenvalue weighted by Crippen LogP contribution is 2.49. The van der Waals surface area contributed by atoms with E-state index in [9.17, 15) is 4.79 Å². The highest BCUT2D eigenvalue weighted by molar-refractivity contribution is 6.01. The monoisotopic (exact) mass is 463 g/mol. The number of carbonyl (C=O) groups excluding carboxylic acids is 1. The predicted octanol–water partition coefficient (Wildman–Crippen LogP) is 6.31. The maximum atomic E-state index is 13.8. The summed E-state index contributed by atoms with van der Waals surface area (Å²) >= 11 is 0. The van der Waals surface area contributed by atoms with Crippen LogP contribution in [0.5, 0.6) is 5.75 Å². The molecule has 35 heavy (non-hydrogen) atoms. The maximum absolute atomic E-state index is 13.8. The molecule has 2 aliphatic rings. The van der Waals surface area contributed by atoms with Crippen LogP contribution in [0.4, 0.5) is 0 Å². The largest absolute Gasteiger partial charge is 0.490 e. The van der Waals surface area contributed by atoms with Gasteiger partial charge < -0.3 is 9.47 Å². The molecule has 1 aliphatic heterocycles. The number of carbonyl (C=O) groups is 1. The highest BCUT2D eigenvalue weighted by atomic mass is 16.5. The third-order valence-corrected chi connectivity index (χ3v) is 6.52. The Morgan fingerprint density at radius 1 is 0.914 bits per heavy atom. The van der Waals surface area contributed by atoms with Crippen molar-refractivity contribution >= 4 is 5.91 Å². The van der Waals surface area contributed by atoms with Crippen LogP contribution in [0.25, 0.3) is 0 Å². The average molecular weight is 464 g/mol. The van der Waals surface area contributed by atoms with Crippen molar-refractivity contribution in [1.29, 1.82) is 0 Å². The van der Waals surface area contributed by atoms with E-state index in [4.69, 9.17) is 9.47 Å². The number of rotatable bonds is 9. The van der Waals surface area contributed by atoms with Crippen LogP contribution >= 0.6 is 0 Å². The zero-order valence-electron chi connectivity index (χ0n) is 19.7. The van der Waals surface area contributed by atoms with Crippen LogP contribution in [0.3, 0.4) is 0 Å². The molecule has 0 saturated carbocycles. The molecule has 1 aliphatic carbocycles. The molecule has 0 spiro atoms. The van der Waals surface area contributed by atoms with E-state index < -0.39 is 5.72 Å². The van der Waals surface area contributed by atoms with E-state index in [1.165, 1.54) is 0 Å². The number of amides is 1. The van der Waals surface area contributed by atoms with Crippen molar-refractivity contribution in [1.82, 2.24) is 4.90 Å². The van der Waals surface area contributed by atoms with Crippen LogP contribution < -0.4 is 4.74 Å². The Hall–Kier alpha value is -3.89. The second kappa shape index (κ2) is 10.2. The lowest BCUT2D eigenvalue weighted by molar-refractivity contribution is -0.164. The van der Waals surface area contributed by atoms with Crippen LogP contribution in [0.2, 0.25) is 0 Å². The highest BCUT2D eigenvalue weighted by Gasteiger charge is 2.53. The van der Waals surface area contributed by atoms with Crippen LogP contribution in [0.1, 0.15) is 29.5 Å². The molecule has 0 fully saturated rings. The molecule has 5 rings (SSSR count). The molecule has 176 valence electrons. The fraction of sp³-hybridized carbons (Fsp3) is 0.194. The fourth-order valence-electron chi connectivity index (χ4n) is 4.88. The topological polar surface area (TPSA) is 38.8 Å². The van der Waals surface area contributed by atoms with E-state index in [0.717, 1.165) is 46.4 Å². The van der Waals surface area contributed by atoms with Gasteiger partial charge in [-0.15, -0.1) is 0 Å². The first-order valence-electron chi connectivity index (χ1n) is 12.0. The predicted molar refractivity (Wildman–Crippen MR) is 137 cm³/mol. The molecule has 4 heteroatoms. The molecule has 1 amide bonds. The minimum Gasteiger partial charge on any atom is -0.490 e. The quantitative estimate of drug-likeness (QED) is 0.349. The molecule has 0 bridgehead atoms. The molecule has 3 aromatic carbocycles. The lowest BCUT2D eigenvalue weighted by Gasteiger charge is -2.41. The molecule has 0 saturated heterocycles. The van der Waals surface area contributed by atoms with E-state index in [0.29, 0.717) is 19.8 Å². The van der Waals surface area contributed by atoms with Crippen molar-refractivity contribution in [2.45, 2.75) is 31.7 Å². The SMILES string of the molecule is C=CCOc1ccc(COC2(c3ccccc3)C3=C(C=CCC3)C(=O)N2Cc2ccccc2)cc1. The van der Waals surface area contributed by atoms with Gasteiger partial charge in [0.05, 0.1) is 6.61 Å². The summed E-state index contributed by atoms with van der Waals surface area (Å²) in [7, 11) is 0. The van der Waals surface area contributed by atoms with Crippen molar-refractivity contribution in [3.8, 4) is 5.75 Å². The molecular weight excluding hydrogens is 434 g/mol. The Balaban J connectivity index is 1.54. The number of benzene rings is 3. The van der Waals surface area contributed by atoms with E-state index >= 15 is 0 Å². The Labute approximate surface area is 206 Å². The lowest BCUT2D eigenvalue weighted by atomic mass is 9.87. The first-order valence-corrected chi connectivity index (χ1v) is 12.0. The number of allylic oxidation sites excluding steroid dienone is 1. The second-order valence-corrected chi connectivity index (χ2v) is 8.75. The fourth-order valence-corrected chi connectivity index (χ4v) is 4.88. The summed E-state index contributed by atoms with van der Waals surface area (Å²) in [6, 6.07) is 28.1. The Bertz CT molecular complexity index is 1250. The van der Waals surface area contributed by atoms with Crippen molar-refractivity contribution in [3.63, 3.8) is 0 Å². The number of nitrogens with zero attached hydrogens (tertiary/aromatic N) is 1. The minimum absolute atomic E-state index is 0.0110. The molecule has 0 aromatic heterocycles. The molecule has 0 N–H and O–H groups in total.